The van der Waals surface area contributed by atoms with Crippen molar-refractivity contribution in [2.45, 2.75) is 6.92 Å². The molecule has 1 N–H and O–H groups in total. The van der Waals surface area contributed by atoms with E-state index >= 15 is 0 Å². The van der Waals surface area contributed by atoms with Gasteiger partial charge < -0.3 is 9.84 Å². The summed E-state index contributed by atoms with van der Waals surface area (Å²) in [5.41, 5.74) is 2.27. The van der Waals surface area contributed by atoms with E-state index in [1.807, 2.05) is 31.2 Å². The van der Waals surface area contributed by atoms with Gasteiger partial charge in [0.25, 0.3) is 0 Å². The summed E-state index contributed by atoms with van der Waals surface area (Å²) in [6.45, 7) is 2.10. The quantitative estimate of drug-likeness (QED) is 0.767. The molecular weight excluding hydrogens is 192 g/mol. The lowest BCUT2D eigenvalue weighted by atomic mass is 10.1. The number of carboxylic acids is 1. The Morgan fingerprint density at radius 3 is 2.47 bits per heavy atom. The Bertz CT molecular complexity index is 363. The lowest BCUT2D eigenvalue weighted by molar-refractivity contribution is -0.133. The van der Waals surface area contributed by atoms with Gasteiger partial charge in [0.15, 0.2) is 0 Å². The zero-order valence-electron chi connectivity index (χ0n) is 8.86. The molecule has 0 saturated heterocycles. The Hall–Kier alpha value is -1.61. The Morgan fingerprint density at radius 1 is 1.40 bits per heavy atom. The summed E-state index contributed by atoms with van der Waals surface area (Å²) in [6, 6.07) is 7.65. The molecule has 15 heavy (non-hydrogen) atoms. The van der Waals surface area contributed by atoms with Crippen LogP contribution in [-0.2, 0) is 9.53 Å². The second kappa shape index (κ2) is 5.32. The van der Waals surface area contributed by atoms with Crippen molar-refractivity contribution < 1.29 is 14.6 Å². The van der Waals surface area contributed by atoms with E-state index in [9.17, 15) is 4.79 Å². The molecule has 3 nitrogen and oxygen atoms in total. The van der Waals surface area contributed by atoms with Crippen molar-refractivity contribution in [1.29, 1.82) is 0 Å². The second-order valence-corrected chi connectivity index (χ2v) is 3.32. The lowest BCUT2D eigenvalue weighted by Crippen LogP contribution is -2.06. The maximum Gasteiger partial charge on any atom is 0.333 e. The molecule has 1 rings (SSSR count). The van der Waals surface area contributed by atoms with Gasteiger partial charge in [0, 0.05) is 7.11 Å². The molecule has 0 spiro atoms. The van der Waals surface area contributed by atoms with E-state index in [2.05, 4.69) is 0 Å². The first-order valence-electron chi connectivity index (χ1n) is 4.63. The third-order valence-electron chi connectivity index (χ3n) is 1.99. The van der Waals surface area contributed by atoms with E-state index in [-0.39, 0.29) is 12.2 Å². The number of aryl methyl sites for hydroxylation is 1. The predicted molar refractivity (Wildman–Crippen MR) is 58.7 cm³/mol. The minimum Gasteiger partial charge on any atom is -0.478 e. The number of hydrogen-bond acceptors (Lipinski definition) is 2. The van der Waals surface area contributed by atoms with Crippen molar-refractivity contribution >= 4 is 12.0 Å². The van der Waals surface area contributed by atoms with E-state index in [0.29, 0.717) is 0 Å². The van der Waals surface area contributed by atoms with Crippen LogP contribution in [0.3, 0.4) is 0 Å². The average molecular weight is 206 g/mol. The summed E-state index contributed by atoms with van der Waals surface area (Å²) in [5.74, 6) is -0.947. The highest BCUT2D eigenvalue weighted by atomic mass is 16.5. The molecule has 1 aromatic carbocycles. The van der Waals surface area contributed by atoms with Gasteiger partial charge in [0.2, 0.25) is 0 Å². The first kappa shape index (κ1) is 11.5. The molecular formula is C12H14O3. The van der Waals surface area contributed by atoms with Crippen molar-refractivity contribution in [3.8, 4) is 0 Å². The molecule has 0 heterocycles. The lowest BCUT2D eigenvalue weighted by Gasteiger charge is -2.01. The van der Waals surface area contributed by atoms with Crippen LogP contribution in [0.5, 0.6) is 0 Å². The van der Waals surface area contributed by atoms with E-state index in [4.69, 9.17) is 9.84 Å². The largest absolute Gasteiger partial charge is 0.478 e. The van der Waals surface area contributed by atoms with Gasteiger partial charge in [0.1, 0.15) is 0 Å². The standard InChI is InChI=1S/C12H14O3/c1-9-3-5-10(6-4-9)7-11(8-15-2)12(13)14/h3-7H,8H2,1-2H3,(H,13,14)/b11-7+. The van der Waals surface area contributed by atoms with Gasteiger partial charge in [-0.05, 0) is 18.6 Å². The molecule has 80 valence electrons. The zero-order chi connectivity index (χ0) is 11.3. The zero-order valence-corrected chi connectivity index (χ0v) is 8.86. The monoisotopic (exact) mass is 206 g/mol. The van der Waals surface area contributed by atoms with E-state index in [1.54, 1.807) is 6.08 Å². The summed E-state index contributed by atoms with van der Waals surface area (Å²) in [5, 5.41) is 8.87. The van der Waals surface area contributed by atoms with Gasteiger partial charge >= 0.3 is 5.97 Å². The van der Waals surface area contributed by atoms with Crippen LogP contribution in [-0.4, -0.2) is 24.8 Å². The van der Waals surface area contributed by atoms with Crippen molar-refractivity contribution in [2.24, 2.45) is 0 Å². The molecule has 3 heteroatoms. The Labute approximate surface area is 89.0 Å². The highest BCUT2D eigenvalue weighted by molar-refractivity contribution is 5.92. The number of methoxy groups -OCH3 is 1. The van der Waals surface area contributed by atoms with Crippen LogP contribution in [0.2, 0.25) is 0 Å². The third kappa shape index (κ3) is 3.56. The topological polar surface area (TPSA) is 46.5 Å². The van der Waals surface area contributed by atoms with Gasteiger partial charge in [0.05, 0.1) is 12.2 Å². The molecule has 1 aromatic rings. The van der Waals surface area contributed by atoms with Gasteiger partial charge in [-0.1, -0.05) is 29.8 Å². The van der Waals surface area contributed by atoms with Crippen LogP contribution in [0.25, 0.3) is 6.08 Å². The molecule has 0 aliphatic rings. The molecule has 0 saturated carbocycles. The number of aliphatic carboxylic acids is 1. The molecule has 0 fully saturated rings. The Balaban J connectivity index is 2.91. The molecule has 0 aliphatic carbocycles. The highest BCUT2D eigenvalue weighted by Gasteiger charge is 2.06. The number of carbonyl (C=O) groups is 1. The van der Waals surface area contributed by atoms with Crippen LogP contribution < -0.4 is 0 Å². The first-order chi connectivity index (χ1) is 7.13. The maximum atomic E-state index is 10.8. The molecule has 0 radical (unpaired) electrons. The van der Waals surface area contributed by atoms with E-state index in [1.165, 1.54) is 7.11 Å². The van der Waals surface area contributed by atoms with Gasteiger partial charge in [-0.3, -0.25) is 0 Å². The van der Waals surface area contributed by atoms with Crippen LogP contribution >= 0.6 is 0 Å². The number of rotatable bonds is 4. The molecule has 0 bridgehead atoms. The molecule has 0 aromatic heterocycles. The van der Waals surface area contributed by atoms with Crippen molar-refractivity contribution in [2.75, 3.05) is 13.7 Å². The summed E-state index contributed by atoms with van der Waals surface area (Å²) >= 11 is 0. The second-order valence-electron chi connectivity index (χ2n) is 3.32. The van der Waals surface area contributed by atoms with Crippen LogP contribution in [0, 0.1) is 6.92 Å². The van der Waals surface area contributed by atoms with Gasteiger partial charge in [-0.2, -0.15) is 0 Å². The first-order valence-corrected chi connectivity index (χ1v) is 4.63. The minimum atomic E-state index is -0.947. The smallest absolute Gasteiger partial charge is 0.333 e. The summed E-state index contributed by atoms with van der Waals surface area (Å²) in [6.07, 6.45) is 1.62. The summed E-state index contributed by atoms with van der Waals surface area (Å²) < 4.78 is 4.81. The number of ether oxygens (including phenoxy) is 1. The SMILES string of the molecule is COC/C(=C\c1ccc(C)cc1)C(=O)O. The van der Waals surface area contributed by atoms with Gasteiger partial charge in [-0.25, -0.2) is 4.79 Å². The Morgan fingerprint density at radius 2 is 2.00 bits per heavy atom. The average Bonchev–Trinajstić information content (AvgIpc) is 2.20. The van der Waals surface area contributed by atoms with Gasteiger partial charge in [-0.15, -0.1) is 0 Å². The number of benzene rings is 1. The highest BCUT2D eigenvalue weighted by Crippen LogP contribution is 2.09. The fourth-order valence-corrected chi connectivity index (χ4v) is 1.18. The van der Waals surface area contributed by atoms with Crippen LogP contribution in [0.4, 0.5) is 0 Å². The predicted octanol–water partition coefficient (Wildman–Crippen LogP) is 2.11. The summed E-state index contributed by atoms with van der Waals surface area (Å²) in [7, 11) is 1.48. The molecule has 0 atom stereocenters. The molecule has 0 amide bonds. The molecule has 0 unspecified atom stereocenters. The number of hydrogen-bond donors (Lipinski definition) is 1. The van der Waals surface area contributed by atoms with Crippen LogP contribution in [0.1, 0.15) is 11.1 Å². The number of carboxylic acid groups (broad SMARTS) is 1. The fourth-order valence-electron chi connectivity index (χ4n) is 1.18. The van der Waals surface area contributed by atoms with Crippen molar-refractivity contribution in [3.63, 3.8) is 0 Å². The summed E-state index contributed by atoms with van der Waals surface area (Å²) in [4.78, 5) is 10.8. The molecule has 0 aliphatic heterocycles. The minimum absolute atomic E-state index is 0.114. The fraction of sp³-hybridized carbons (Fsp3) is 0.250. The van der Waals surface area contributed by atoms with E-state index < -0.39 is 5.97 Å². The third-order valence-corrected chi connectivity index (χ3v) is 1.99. The van der Waals surface area contributed by atoms with Crippen molar-refractivity contribution in [1.82, 2.24) is 0 Å². The van der Waals surface area contributed by atoms with Crippen molar-refractivity contribution in [3.05, 3.63) is 41.0 Å². The normalized spacial score (nSPS) is 11.5. The Kier molecular flexibility index (Phi) is 4.06. The maximum absolute atomic E-state index is 10.8. The van der Waals surface area contributed by atoms with Crippen LogP contribution in [0.15, 0.2) is 29.8 Å². The van der Waals surface area contributed by atoms with E-state index in [0.717, 1.165) is 11.1 Å².